The van der Waals surface area contributed by atoms with Crippen molar-refractivity contribution in [2.75, 3.05) is 0 Å². The van der Waals surface area contributed by atoms with Crippen LogP contribution in [0.25, 0.3) is 0 Å². The molecule has 0 heterocycles. The minimum absolute atomic E-state index is 1.01. The molecule has 1 aliphatic carbocycles. The number of hydrogen-bond acceptors (Lipinski definition) is 0. The molecule has 0 amide bonds. The van der Waals surface area contributed by atoms with Gasteiger partial charge in [-0.15, -0.1) is 0 Å². The lowest BCUT2D eigenvalue weighted by Gasteiger charge is -2.40. The van der Waals surface area contributed by atoms with Gasteiger partial charge in [0.05, 0.1) is 0 Å². The Labute approximate surface area is 66.0 Å². The lowest BCUT2D eigenvalue weighted by Crippen LogP contribution is -2.31. The highest BCUT2D eigenvalue weighted by Gasteiger charge is 2.32. The molecule has 0 N–H and O–H groups in total. The molecule has 0 nitrogen and oxygen atoms in total. The summed E-state index contributed by atoms with van der Waals surface area (Å²) in [6.45, 7) is 11.0. The fraction of sp³-hybridized carbons (Fsp3) is 1.00. The van der Waals surface area contributed by atoms with Crippen molar-refractivity contribution in [3.8, 4) is 0 Å². The SMILES string of the molecule is CC.CCC1CC(C)C1C. The Morgan fingerprint density at radius 1 is 1.20 bits per heavy atom. The Morgan fingerprint density at radius 2 is 1.70 bits per heavy atom. The van der Waals surface area contributed by atoms with Crippen LogP contribution in [-0.4, -0.2) is 0 Å². The van der Waals surface area contributed by atoms with Crippen molar-refractivity contribution in [1.29, 1.82) is 0 Å². The van der Waals surface area contributed by atoms with Crippen LogP contribution < -0.4 is 0 Å². The van der Waals surface area contributed by atoms with E-state index in [0.29, 0.717) is 0 Å². The molecule has 10 heavy (non-hydrogen) atoms. The van der Waals surface area contributed by atoms with Gasteiger partial charge in [0.25, 0.3) is 0 Å². The standard InChI is InChI=1S/C8H16.C2H6/c1-4-8-5-6(2)7(8)3;1-2/h6-8H,4-5H2,1-3H3;1-2H3. The second-order valence-corrected chi connectivity index (χ2v) is 3.24. The highest BCUT2D eigenvalue weighted by Crippen LogP contribution is 2.41. The molecule has 0 aromatic heterocycles. The molecule has 0 bridgehead atoms. The first-order valence-corrected chi connectivity index (χ1v) is 4.75. The Balaban J connectivity index is 0.000000371. The van der Waals surface area contributed by atoms with Crippen molar-refractivity contribution >= 4 is 0 Å². The van der Waals surface area contributed by atoms with E-state index in [1.54, 1.807) is 0 Å². The van der Waals surface area contributed by atoms with Crippen LogP contribution in [0, 0.1) is 17.8 Å². The van der Waals surface area contributed by atoms with Gasteiger partial charge < -0.3 is 0 Å². The molecule has 0 spiro atoms. The van der Waals surface area contributed by atoms with E-state index in [-0.39, 0.29) is 0 Å². The third kappa shape index (κ3) is 2.00. The average Bonchev–Trinajstić information content (AvgIpc) is 2.03. The summed E-state index contributed by atoms with van der Waals surface area (Å²) in [5, 5.41) is 0. The zero-order valence-electron chi connectivity index (χ0n) is 8.15. The van der Waals surface area contributed by atoms with E-state index in [4.69, 9.17) is 0 Å². The first-order valence-electron chi connectivity index (χ1n) is 4.75. The zero-order valence-corrected chi connectivity index (χ0v) is 8.15. The lowest BCUT2D eigenvalue weighted by molar-refractivity contribution is 0.0998. The van der Waals surface area contributed by atoms with Crippen LogP contribution in [0.15, 0.2) is 0 Å². The minimum Gasteiger partial charge on any atom is -0.0683 e. The van der Waals surface area contributed by atoms with E-state index < -0.39 is 0 Å². The summed E-state index contributed by atoms with van der Waals surface area (Å²) in [5.41, 5.74) is 0. The molecule has 1 rings (SSSR count). The van der Waals surface area contributed by atoms with E-state index in [2.05, 4.69) is 20.8 Å². The summed E-state index contributed by atoms with van der Waals surface area (Å²) in [6.07, 6.45) is 2.88. The summed E-state index contributed by atoms with van der Waals surface area (Å²) >= 11 is 0. The van der Waals surface area contributed by atoms with Crippen LogP contribution in [0.1, 0.15) is 47.5 Å². The van der Waals surface area contributed by atoms with Gasteiger partial charge in [0.1, 0.15) is 0 Å². The molecule has 1 fully saturated rings. The third-order valence-electron chi connectivity index (χ3n) is 2.84. The van der Waals surface area contributed by atoms with Crippen LogP contribution in [0.2, 0.25) is 0 Å². The van der Waals surface area contributed by atoms with Gasteiger partial charge in [-0.25, -0.2) is 0 Å². The quantitative estimate of drug-likeness (QED) is 0.523. The van der Waals surface area contributed by atoms with Gasteiger partial charge in [-0.3, -0.25) is 0 Å². The summed E-state index contributed by atoms with van der Waals surface area (Å²) in [7, 11) is 0. The predicted octanol–water partition coefficient (Wildman–Crippen LogP) is 3.71. The molecular weight excluding hydrogens is 120 g/mol. The van der Waals surface area contributed by atoms with Gasteiger partial charge in [-0.2, -0.15) is 0 Å². The topological polar surface area (TPSA) is 0 Å². The van der Waals surface area contributed by atoms with Crippen molar-refractivity contribution in [2.45, 2.75) is 47.5 Å². The molecule has 0 aromatic rings. The molecular formula is C10H22. The van der Waals surface area contributed by atoms with Gasteiger partial charge in [0.15, 0.2) is 0 Å². The molecule has 1 aliphatic rings. The maximum absolute atomic E-state index is 2.38. The molecule has 0 radical (unpaired) electrons. The van der Waals surface area contributed by atoms with Crippen LogP contribution >= 0.6 is 0 Å². The van der Waals surface area contributed by atoms with E-state index in [9.17, 15) is 0 Å². The molecule has 0 aliphatic heterocycles. The first-order chi connectivity index (χ1) is 4.75. The molecule has 0 aromatic carbocycles. The molecule has 62 valence electrons. The molecule has 3 atom stereocenters. The van der Waals surface area contributed by atoms with Crippen molar-refractivity contribution in [2.24, 2.45) is 17.8 Å². The Bertz CT molecular complexity index is 76.1. The highest BCUT2D eigenvalue weighted by atomic mass is 14.4. The summed E-state index contributed by atoms with van der Waals surface area (Å²) < 4.78 is 0. The van der Waals surface area contributed by atoms with Crippen molar-refractivity contribution in [3.05, 3.63) is 0 Å². The molecule has 1 saturated carbocycles. The van der Waals surface area contributed by atoms with Gasteiger partial charge in [-0.1, -0.05) is 41.0 Å². The zero-order chi connectivity index (χ0) is 8.15. The fourth-order valence-corrected chi connectivity index (χ4v) is 1.71. The van der Waals surface area contributed by atoms with E-state index in [1.165, 1.54) is 12.8 Å². The second-order valence-electron chi connectivity index (χ2n) is 3.24. The van der Waals surface area contributed by atoms with Gasteiger partial charge in [-0.05, 0) is 24.2 Å². The van der Waals surface area contributed by atoms with Crippen molar-refractivity contribution in [1.82, 2.24) is 0 Å². The summed E-state index contributed by atoms with van der Waals surface area (Å²) in [4.78, 5) is 0. The summed E-state index contributed by atoms with van der Waals surface area (Å²) in [6, 6.07) is 0. The van der Waals surface area contributed by atoms with Crippen LogP contribution in [0.3, 0.4) is 0 Å². The Hall–Kier alpha value is 0. The predicted molar refractivity (Wildman–Crippen MR) is 48.1 cm³/mol. The maximum Gasteiger partial charge on any atom is -0.0386 e. The monoisotopic (exact) mass is 142 g/mol. The van der Waals surface area contributed by atoms with Crippen LogP contribution in [0.5, 0.6) is 0 Å². The molecule has 0 saturated heterocycles. The highest BCUT2D eigenvalue weighted by molar-refractivity contribution is 4.82. The molecule has 0 heteroatoms. The van der Waals surface area contributed by atoms with Crippen LogP contribution in [0.4, 0.5) is 0 Å². The first kappa shape index (κ1) is 10.0. The van der Waals surface area contributed by atoms with Crippen LogP contribution in [-0.2, 0) is 0 Å². The van der Waals surface area contributed by atoms with E-state index >= 15 is 0 Å². The van der Waals surface area contributed by atoms with Crippen molar-refractivity contribution < 1.29 is 0 Å². The fourth-order valence-electron chi connectivity index (χ4n) is 1.71. The number of hydrogen-bond donors (Lipinski definition) is 0. The normalized spacial score (nSPS) is 37.5. The third-order valence-corrected chi connectivity index (χ3v) is 2.84. The number of rotatable bonds is 1. The van der Waals surface area contributed by atoms with E-state index in [0.717, 1.165) is 17.8 Å². The molecule has 3 unspecified atom stereocenters. The smallest absolute Gasteiger partial charge is 0.0386 e. The lowest BCUT2D eigenvalue weighted by atomic mass is 9.66. The Morgan fingerprint density at radius 3 is 1.80 bits per heavy atom. The van der Waals surface area contributed by atoms with E-state index in [1.807, 2.05) is 13.8 Å². The second kappa shape index (κ2) is 4.76. The van der Waals surface area contributed by atoms with Gasteiger partial charge in [0, 0.05) is 0 Å². The average molecular weight is 142 g/mol. The Kier molecular flexibility index (Phi) is 4.76. The largest absolute Gasteiger partial charge is 0.0683 e. The van der Waals surface area contributed by atoms with Crippen molar-refractivity contribution in [3.63, 3.8) is 0 Å². The maximum atomic E-state index is 2.38. The minimum atomic E-state index is 1.01. The summed E-state index contributed by atoms with van der Waals surface area (Å²) in [5.74, 6) is 3.09. The van der Waals surface area contributed by atoms with Gasteiger partial charge in [0.2, 0.25) is 0 Å². The van der Waals surface area contributed by atoms with Gasteiger partial charge >= 0.3 is 0 Å².